The standard InChI is InChI=1S/C21H25F6N5O.C21H28N6O.C19H24F3N5O2.C19H24N6O2.CH4/c1-11-6-14(20(22,23)24)12(8-28-11)9-29-18-30-10-15(21(25,26)27)17(32-18)31-13-4-5-16(33)19(2,3)7-13;1-14(2)18-15(5-4-10-23-18)12-24-20-25-13-16(11-22)19(27-20)26-17-6-8-21(3,28)9-7-17;1-4-29-16-11(6-5-7-23-16)9-24-17-25-10-12(19(20,21)22)15(27-17)26-13-8-14(28)18(13,2)3;1-4-27-17-12(6-5-7-21-17)10-22-18-23-11-13(9-20)16(25-18)24-14-8-15(26)19(14,2)3;/h6,8,10,13,16,33H,4-5,7,9H2,1-3H3,(H2,29,30,31,32);4-5,10,13-14,17,28H,6-9,12H2,1-3H3,(H2,24,25,26,27);5-7,10,13-14,28H,4,8-9H2,1-3H3,(H2,24,25,26,27);5-7,11,14-15,26H,4,8,10H2,1-3H3,(H2,22,23,24,25);1H4/t13-,16+;;13-,14+;14-,15+;/m1.11./s1. The lowest BCUT2D eigenvalue weighted by molar-refractivity contribution is -0.138. The maximum absolute atomic E-state index is 13.5. The lowest BCUT2D eigenvalue weighted by Gasteiger charge is -2.49. The molecule has 4 aliphatic carbocycles. The van der Waals surface area contributed by atoms with E-state index in [1.807, 2.05) is 72.7 Å². The van der Waals surface area contributed by atoms with Crippen molar-refractivity contribution in [3.63, 3.8) is 0 Å². The summed E-state index contributed by atoms with van der Waals surface area (Å²) >= 11 is 0. The minimum atomic E-state index is -4.73. The number of aliphatic hydroxyl groups excluding tert-OH is 3. The fourth-order valence-electron chi connectivity index (χ4n) is 13.5. The Bertz CT molecular complexity index is 4730. The lowest BCUT2D eigenvalue weighted by Crippen LogP contribution is -2.57. The Balaban J connectivity index is 0.000000196. The molecule has 0 aliphatic heterocycles. The van der Waals surface area contributed by atoms with Gasteiger partial charge in [0.2, 0.25) is 35.6 Å². The molecule has 12 rings (SSSR count). The molecule has 6 atom stereocenters. The van der Waals surface area contributed by atoms with Gasteiger partial charge in [-0.3, -0.25) is 9.97 Å². The van der Waals surface area contributed by atoms with Gasteiger partial charge >= 0.3 is 18.5 Å². The van der Waals surface area contributed by atoms with E-state index in [4.69, 9.17) is 9.47 Å². The Hall–Kier alpha value is -10.9. The molecule has 0 aromatic carbocycles. The number of ether oxygens (including phenoxy) is 2. The number of hydrogen-bond donors (Lipinski definition) is 12. The largest absolute Gasteiger partial charge is 0.478 e. The van der Waals surface area contributed by atoms with Gasteiger partial charge in [-0.15, -0.1) is 0 Å². The van der Waals surface area contributed by atoms with Crippen LogP contribution < -0.4 is 52.0 Å². The number of anilines is 8. The first kappa shape index (κ1) is 92.6. The van der Waals surface area contributed by atoms with E-state index in [0.717, 1.165) is 66.5 Å². The molecule has 8 aromatic rings. The highest BCUT2D eigenvalue weighted by atomic mass is 19.4. The predicted octanol–water partition coefficient (Wildman–Crippen LogP) is 15.2. The van der Waals surface area contributed by atoms with Gasteiger partial charge in [-0.1, -0.05) is 81.0 Å². The summed E-state index contributed by atoms with van der Waals surface area (Å²) in [6.45, 7) is 24.4. The number of aromatic nitrogens is 12. The molecule has 638 valence electrons. The van der Waals surface area contributed by atoms with E-state index in [1.165, 1.54) is 13.1 Å². The Morgan fingerprint density at radius 2 is 0.890 bits per heavy atom. The fraction of sp³-hybridized carbons (Fsp3) is 0.531. The molecule has 12 N–H and O–H groups in total. The number of aryl methyl sites for hydroxylation is 1. The molecule has 0 bridgehead atoms. The summed E-state index contributed by atoms with van der Waals surface area (Å²) in [5.41, 5.74) is -0.249. The number of rotatable bonds is 25. The summed E-state index contributed by atoms with van der Waals surface area (Å²) < 4.78 is 132. The summed E-state index contributed by atoms with van der Waals surface area (Å²) in [5.74, 6) is 2.26. The maximum atomic E-state index is 13.5. The first-order valence-electron chi connectivity index (χ1n) is 38.4. The molecule has 4 aliphatic rings. The molecule has 37 heteroatoms. The molecule has 0 unspecified atom stereocenters. The summed E-state index contributed by atoms with van der Waals surface area (Å²) in [6, 6.07) is 16.0. The van der Waals surface area contributed by atoms with E-state index in [-0.39, 0.29) is 85.2 Å². The highest BCUT2D eigenvalue weighted by molar-refractivity contribution is 5.57. The van der Waals surface area contributed by atoms with E-state index >= 15 is 0 Å². The van der Waals surface area contributed by atoms with Gasteiger partial charge in [-0.2, -0.15) is 70.0 Å². The third kappa shape index (κ3) is 24.6. The van der Waals surface area contributed by atoms with Crippen molar-refractivity contribution in [1.29, 1.82) is 10.5 Å². The summed E-state index contributed by atoms with van der Waals surface area (Å²) in [6.07, 6.45) is 0.523. The molecule has 0 spiro atoms. The number of nitrogens with zero attached hydrogens (tertiary/aromatic N) is 14. The second-order valence-corrected chi connectivity index (χ2v) is 31.5. The Morgan fingerprint density at radius 1 is 0.492 bits per heavy atom. The molecular formula is C81H105F9N22O6. The minimum Gasteiger partial charge on any atom is -0.478 e. The van der Waals surface area contributed by atoms with Crippen LogP contribution in [0.3, 0.4) is 0 Å². The molecular weight excluding hydrogens is 1550 g/mol. The van der Waals surface area contributed by atoms with Crippen molar-refractivity contribution >= 4 is 47.1 Å². The van der Waals surface area contributed by atoms with E-state index in [1.54, 1.807) is 50.8 Å². The fourth-order valence-corrected chi connectivity index (χ4v) is 13.5. The highest BCUT2D eigenvalue weighted by Crippen LogP contribution is 2.46. The molecule has 8 aromatic heterocycles. The Labute approximate surface area is 680 Å². The third-order valence-corrected chi connectivity index (χ3v) is 21.2. The quantitative estimate of drug-likeness (QED) is 0.0236. The first-order chi connectivity index (χ1) is 55.1. The van der Waals surface area contributed by atoms with Gasteiger partial charge < -0.3 is 72.4 Å². The summed E-state index contributed by atoms with van der Waals surface area (Å²) in [5, 5.41) is 82.9. The van der Waals surface area contributed by atoms with E-state index < -0.39 is 69.7 Å². The zero-order valence-corrected chi connectivity index (χ0v) is 67.2. The number of aliphatic hydroxyl groups is 4. The highest BCUT2D eigenvalue weighted by Gasteiger charge is 2.50. The maximum Gasteiger partial charge on any atom is 0.421 e. The third-order valence-electron chi connectivity index (χ3n) is 21.2. The van der Waals surface area contributed by atoms with Crippen LogP contribution in [0.4, 0.5) is 86.6 Å². The molecule has 0 radical (unpaired) electrons. The van der Waals surface area contributed by atoms with Gasteiger partial charge in [0.1, 0.15) is 57.7 Å². The van der Waals surface area contributed by atoms with Crippen molar-refractivity contribution in [3.05, 3.63) is 153 Å². The molecule has 118 heavy (non-hydrogen) atoms. The van der Waals surface area contributed by atoms with Crippen LogP contribution in [0, 0.1) is 45.8 Å². The van der Waals surface area contributed by atoms with Crippen molar-refractivity contribution < 1.29 is 69.4 Å². The van der Waals surface area contributed by atoms with Gasteiger partial charge in [0.15, 0.2) is 0 Å². The molecule has 0 amide bonds. The van der Waals surface area contributed by atoms with Crippen molar-refractivity contribution in [2.24, 2.45) is 16.2 Å². The van der Waals surface area contributed by atoms with Crippen LogP contribution in [-0.4, -0.2) is 142 Å². The topological polar surface area (TPSA) is 398 Å². The average Bonchev–Trinajstić information content (AvgIpc) is 0.763. The van der Waals surface area contributed by atoms with Crippen LogP contribution in [0.25, 0.3) is 0 Å². The van der Waals surface area contributed by atoms with E-state index in [9.17, 15) is 70.5 Å². The van der Waals surface area contributed by atoms with Crippen LogP contribution in [0.1, 0.15) is 209 Å². The van der Waals surface area contributed by atoms with E-state index in [2.05, 4.69) is 128 Å². The normalized spacial score (nSPS) is 20.8. The second-order valence-electron chi connectivity index (χ2n) is 31.5. The van der Waals surface area contributed by atoms with Crippen LogP contribution in [0.2, 0.25) is 0 Å². The van der Waals surface area contributed by atoms with Gasteiger partial charge in [0.25, 0.3) is 0 Å². The summed E-state index contributed by atoms with van der Waals surface area (Å²) in [7, 11) is 0. The van der Waals surface area contributed by atoms with Crippen LogP contribution in [0.5, 0.6) is 11.8 Å². The van der Waals surface area contributed by atoms with Gasteiger partial charge in [0, 0.05) is 126 Å². The lowest BCUT2D eigenvalue weighted by atomic mass is 9.64. The van der Waals surface area contributed by atoms with E-state index in [0.29, 0.717) is 117 Å². The minimum absolute atomic E-state index is 0. The first-order valence-corrected chi connectivity index (χ1v) is 38.4. The molecule has 4 fully saturated rings. The van der Waals surface area contributed by atoms with Crippen molar-refractivity contribution in [1.82, 2.24) is 59.8 Å². The predicted molar refractivity (Wildman–Crippen MR) is 428 cm³/mol. The van der Waals surface area contributed by atoms with Gasteiger partial charge in [-0.05, 0) is 127 Å². The zero-order chi connectivity index (χ0) is 85.4. The molecule has 0 saturated heterocycles. The molecule has 8 heterocycles. The number of nitrogens with one attached hydrogen (secondary N) is 8. The Morgan fingerprint density at radius 3 is 1.31 bits per heavy atom. The van der Waals surface area contributed by atoms with Gasteiger partial charge in [0.05, 0.1) is 55.1 Å². The summed E-state index contributed by atoms with van der Waals surface area (Å²) in [4.78, 5) is 49.5. The molecule has 4 saturated carbocycles. The second kappa shape index (κ2) is 39.6. The van der Waals surface area contributed by atoms with Crippen molar-refractivity contribution in [2.75, 3.05) is 55.7 Å². The smallest absolute Gasteiger partial charge is 0.421 e. The van der Waals surface area contributed by atoms with Crippen LogP contribution >= 0.6 is 0 Å². The number of alkyl halides is 9. The monoisotopic (exact) mass is 1650 g/mol. The average molecular weight is 1650 g/mol. The SMILES string of the molecule is C.CC(C)c1ncccc1CNc1ncc(C#N)c(NC2CCC(C)(O)CC2)n1.CCOc1ncccc1CNc1ncc(C#N)c(N[C@@H]2C[C@H](O)C2(C)C)n1.CCOc1ncccc1CNc1ncc(C(F)(F)F)c(N[C@@H]2C[C@H](O)C2(C)C)n1.Cc1cc(C(F)(F)F)c(CNc2ncc(C(F)(F)F)c(N[C@@H]3CC[C@H](O)C(C)(C)C3)n2)cn1. The number of halogens is 9. The van der Waals surface area contributed by atoms with Crippen LogP contribution in [0.15, 0.2) is 92.0 Å². The zero-order valence-electron chi connectivity index (χ0n) is 67.2. The number of nitriles is 2. The number of hydrogen-bond acceptors (Lipinski definition) is 28. The van der Waals surface area contributed by atoms with Crippen LogP contribution in [-0.2, 0) is 44.7 Å². The Kier molecular flexibility index (Phi) is 31.1. The number of pyridine rings is 4. The molecule has 28 nitrogen and oxygen atoms in total. The van der Waals surface area contributed by atoms with Crippen molar-refractivity contribution in [2.45, 2.75) is 247 Å². The van der Waals surface area contributed by atoms with Crippen molar-refractivity contribution in [3.8, 4) is 23.9 Å². The van der Waals surface area contributed by atoms with Gasteiger partial charge in [-0.25, -0.2) is 29.9 Å².